The fourth-order valence-electron chi connectivity index (χ4n) is 3.11. The fraction of sp³-hybridized carbons (Fsp3) is 0.643. The van der Waals surface area contributed by atoms with E-state index >= 15 is 0 Å². The number of aromatic nitrogens is 2. The number of aryl methyl sites for hydroxylation is 2. The highest BCUT2D eigenvalue weighted by Crippen LogP contribution is 2.26. The molecule has 0 radical (unpaired) electrons. The van der Waals surface area contributed by atoms with Crippen LogP contribution in [0.1, 0.15) is 25.1 Å². The summed E-state index contributed by atoms with van der Waals surface area (Å²) in [6, 6.07) is -0.246. The van der Waals surface area contributed by atoms with Gasteiger partial charge in [-0.2, -0.15) is 0 Å². The second-order valence-electron chi connectivity index (χ2n) is 5.74. The zero-order valence-corrected chi connectivity index (χ0v) is 12.3. The van der Waals surface area contributed by atoms with Gasteiger partial charge in [0.1, 0.15) is 11.4 Å². The number of nitrogens with one attached hydrogen (secondary N) is 2. The summed E-state index contributed by atoms with van der Waals surface area (Å²) in [4.78, 5) is 30.2. The molecule has 0 bridgehead atoms. The average Bonchev–Trinajstić information content (AvgIpc) is 2.97. The average molecular weight is 291 g/mol. The van der Waals surface area contributed by atoms with E-state index < -0.39 is 5.54 Å². The number of piperidine rings is 1. The van der Waals surface area contributed by atoms with E-state index in [0.717, 1.165) is 31.9 Å². The fourth-order valence-corrected chi connectivity index (χ4v) is 3.11. The van der Waals surface area contributed by atoms with Crippen molar-refractivity contribution in [1.82, 2.24) is 25.1 Å². The lowest BCUT2D eigenvalue weighted by Gasteiger charge is -2.31. The van der Waals surface area contributed by atoms with Crippen molar-refractivity contribution < 1.29 is 9.59 Å². The predicted molar refractivity (Wildman–Crippen MR) is 76.7 cm³/mol. The zero-order chi connectivity index (χ0) is 14.9. The quantitative estimate of drug-likeness (QED) is 0.780. The molecule has 0 atom stereocenters. The highest BCUT2D eigenvalue weighted by molar-refractivity contribution is 6.07. The molecule has 21 heavy (non-hydrogen) atoms. The molecule has 114 valence electrons. The van der Waals surface area contributed by atoms with Crippen LogP contribution in [0.3, 0.4) is 0 Å². The van der Waals surface area contributed by atoms with Crippen LogP contribution in [0.25, 0.3) is 0 Å². The van der Waals surface area contributed by atoms with E-state index in [1.807, 2.05) is 17.7 Å². The molecular weight excluding hydrogens is 270 g/mol. The molecule has 1 aromatic heterocycles. The maximum atomic E-state index is 12.5. The van der Waals surface area contributed by atoms with Crippen molar-refractivity contribution in [2.75, 3.05) is 19.6 Å². The number of hydrogen-bond acceptors (Lipinski definition) is 4. The molecule has 7 heteroatoms. The minimum absolute atomic E-state index is 0.0589. The van der Waals surface area contributed by atoms with Crippen molar-refractivity contribution in [2.45, 2.75) is 38.3 Å². The molecule has 1 aromatic rings. The number of amides is 3. The van der Waals surface area contributed by atoms with Gasteiger partial charge in [0.05, 0.1) is 0 Å². The Morgan fingerprint density at radius 2 is 2.05 bits per heavy atom. The van der Waals surface area contributed by atoms with Crippen LogP contribution >= 0.6 is 0 Å². The highest BCUT2D eigenvalue weighted by Gasteiger charge is 2.50. The topological polar surface area (TPSA) is 79.3 Å². The molecule has 2 aliphatic rings. The number of urea groups is 1. The Morgan fingerprint density at radius 1 is 1.29 bits per heavy atom. The summed E-state index contributed by atoms with van der Waals surface area (Å²) < 4.78 is 2.03. The molecule has 1 spiro atoms. The van der Waals surface area contributed by atoms with Crippen LogP contribution < -0.4 is 10.6 Å². The SMILES string of the molecule is Cc1nccn1CCCN1C(=O)NC2(CCNCC2)C1=O. The summed E-state index contributed by atoms with van der Waals surface area (Å²) in [5.74, 6) is 0.887. The van der Waals surface area contributed by atoms with Gasteiger partial charge in [0.2, 0.25) is 0 Å². The molecule has 2 N–H and O–H groups in total. The molecular formula is C14H21N5O2. The lowest BCUT2D eigenvalue weighted by atomic mass is 9.88. The standard InChI is InChI=1S/C14H21N5O2/c1-11-16-7-10-18(11)8-2-9-19-12(20)14(17-13(19)21)3-5-15-6-4-14/h7,10,15H,2-6,8-9H2,1H3,(H,17,21). The molecule has 3 amide bonds. The van der Waals surface area contributed by atoms with Crippen molar-refractivity contribution in [3.63, 3.8) is 0 Å². The second kappa shape index (κ2) is 5.48. The summed E-state index contributed by atoms with van der Waals surface area (Å²) in [6.45, 7) is 4.70. The Morgan fingerprint density at radius 3 is 2.71 bits per heavy atom. The molecule has 3 heterocycles. The third-order valence-electron chi connectivity index (χ3n) is 4.41. The van der Waals surface area contributed by atoms with Gasteiger partial charge in [0.25, 0.3) is 5.91 Å². The van der Waals surface area contributed by atoms with Gasteiger partial charge in [-0.15, -0.1) is 0 Å². The van der Waals surface area contributed by atoms with E-state index in [0.29, 0.717) is 19.4 Å². The van der Waals surface area contributed by atoms with Gasteiger partial charge in [0, 0.05) is 25.5 Å². The smallest absolute Gasteiger partial charge is 0.325 e. The van der Waals surface area contributed by atoms with E-state index in [9.17, 15) is 9.59 Å². The number of hydrogen-bond donors (Lipinski definition) is 2. The number of rotatable bonds is 4. The molecule has 0 aromatic carbocycles. The molecule has 2 saturated heterocycles. The third kappa shape index (κ3) is 2.53. The first kappa shape index (κ1) is 14.1. The predicted octanol–water partition coefficient (Wildman–Crippen LogP) is 0.256. The van der Waals surface area contributed by atoms with Crippen LogP contribution in [0.2, 0.25) is 0 Å². The van der Waals surface area contributed by atoms with Gasteiger partial charge in [-0.3, -0.25) is 9.69 Å². The normalized spacial score (nSPS) is 21.1. The molecule has 0 saturated carbocycles. The Kier molecular flexibility index (Phi) is 3.67. The van der Waals surface area contributed by atoms with Crippen LogP contribution in [-0.2, 0) is 11.3 Å². The Balaban J connectivity index is 1.59. The van der Waals surface area contributed by atoms with Crippen LogP contribution in [0, 0.1) is 6.92 Å². The van der Waals surface area contributed by atoms with Crippen molar-refractivity contribution in [1.29, 1.82) is 0 Å². The van der Waals surface area contributed by atoms with Crippen molar-refractivity contribution in [3.05, 3.63) is 18.2 Å². The Hall–Kier alpha value is -1.89. The van der Waals surface area contributed by atoms with Crippen molar-refractivity contribution >= 4 is 11.9 Å². The van der Waals surface area contributed by atoms with Gasteiger partial charge in [-0.1, -0.05) is 0 Å². The van der Waals surface area contributed by atoms with Crippen LogP contribution in [0.5, 0.6) is 0 Å². The largest absolute Gasteiger partial charge is 0.335 e. The number of carbonyl (C=O) groups excluding carboxylic acids is 2. The Bertz CT molecular complexity index is 547. The number of nitrogens with zero attached hydrogens (tertiary/aromatic N) is 3. The van der Waals surface area contributed by atoms with E-state index in [4.69, 9.17) is 0 Å². The van der Waals surface area contributed by atoms with Crippen molar-refractivity contribution in [2.24, 2.45) is 0 Å². The first-order valence-corrected chi connectivity index (χ1v) is 7.45. The van der Waals surface area contributed by atoms with Gasteiger partial charge < -0.3 is 15.2 Å². The number of carbonyl (C=O) groups is 2. The molecule has 2 aliphatic heterocycles. The van der Waals surface area contributed by atoms with E-state index in [1.54, 1.807) is 6.20 Å². The van der Waals surface area contributed by atoms with E-state index in [1.165, 1.54) is 4.90 Å². The summed E-state index contributed by atoms with van der Waals surface area (Å²) in [5.41, 5.74) is -0.659. The van der Waals surface area contributed by atoms with E-state index in [-0.39, 0.29) is 11.9 Å². The summed E-state index contributed by atoms with van der Waals surface area (Å²) in [7, 11) is 0. The minimum atomic E-state index is -0.659. The number of imidazole rings is 1. The van der Waals surface area contributed by atoms with Crippen LogP contribution in [-0.4, -0.2) is 51.6 Å². The zero-order valence-electron chi connectivity index (χ0n) is 12.3. The maximum absolute atomic E-state index is 12.5. The summed E-state index contributed by atoms with van der Waals surface area (Å²) in [5, 5.41) is 6.12. The molecule has 3 rings (SSSR count). The van der Waals surface area contributed by atoms with Gasteiger partial charge in [0.15, 0.2) is 0 Å². The van der Waals surface area contributed by atoms with Gasteiger partial charge >= 0.3 is 6.03 Å². The molecule has 2 fully saturated rings. The third-order valence-corrected chi connectivity index (χ3v) is 4.41. The van der Waals surface area contributed by atoms with Crippen LogP contribution in [0.4, 0.5) is 4.79 Å². The monoisotopic (exact) mass is 291 g/mol. The molecule has 0 aliphatic carbocycles. The summed E-state index contributed by atoms with van der Waals surface area (Å²) in [6.07, 6.45) is 5.76. The highest BCUT2D eigenvalue weighted by atomic mass is 16.2. The first-order valence-electron chi connectivity index (χ1n) is 7.45. The first-order chi connectivity index (χ1) is 10.1. The lowest BCUT2D eigenvalue weighted by Crippen LogP contribution is -2.53. The maximum Gasteiger partial charge on any atom is 0.325 e. The van der Waals surface area contributed by atoms with Crippen molar-refractivity contribution in [3.8, 4) is 0 Å². The van der Waals surface area contributed by atoms with Gasteiger partial charge in [-0.25, -0.2) is 9.78 Å². The lowest BCUT2D eigenvalue weighted by molar-refractivity contribution is -0.132. The minimum Gasteiger partial charge on any atom is -0.335 e. The molecule has 0 unspecified atom stereocenters. The van der Waals surface area contributed by atoms with E-state index in [2.05, 4.69) is 15.6 Å². The molecule has 7 nitrogen and oxygen atoms in total. The Labute approximate surface area is 123 Å². The number of imide groups is 1. The van der Waals surface area contributed by atoms with Crippen LogP contribution in [0.15, 0.2) is 12.4 Å². The summed E-state index contributed by atoms with van der Waals surface area (Å²) >= 11 is 0. The van der Waals surface area contributed by atoms with Gasteiger partial charge in [-0.05, 0) is 39.3 Å². The second-order valence-corrected chi connectivity index (χ2v) is 5.74.